The molecule has 72 valence electrons. The molecule has 14 heavy (non-hydrogen) atoms. The summed E-state index contributed by atoms with van der Waals surface area (Å²) in [5, 5.41) is 2.06. The van der Waals surface area contributed by atoms with Gasteiger partial charge in [0.05, 0.1) is 11.9 Å². The van der Waals surface area contributed by atoms with Gasteiger partial charge in [0.1, 0.15) is 6.54 Å². The number of pyridine rings is 1. The van der Waals surface area contributed by atoms with Crippen LogP contribution < -0.4 is 10.3 Å². The summed E-state index contributed by atoms with van der Waals surface area (Å²) in [4.78, 5) is 0. The molecule has 0 radical (unpaired) electrons. The van der Waals surface area contributed by atoms with Crippen LogP contribution in [-0.4, -0.2) is 4.37 Å². The average molecular weight is 206 g/mol. The highest BCUT2D eigenvalue weighted by atomic mass is 32.1. The van der Waals surface area contributed by atoms with E-state index >= 15 is 0 Å². The number of aryl methyl sites for hydroxylation is 1. The first kappa shape index (κ1) is 9.15. The number of nitrogens with zero attached hydrogens (tertiary/aromatic N) is 2. The van der Waals surface area contributed by atoms with Gasteiger partial charge in [-0.3, -0.25) is 5.73 Å². The molecule has 0 aliphatic heterocycles. The molecule has 0 aliphatic carbocycles. The molecule has 3 nitrogen and oxygen atoms in total. The van der Waals surface area contributed by atoms with E-state index in [1.807, 2.05) is 35.9 Å². The minimum Gasteiger partial charge on any atom is -0.287 e. The molecule has 2 N–H and O–H groups in total. The zero-order chi connectivity index (χ0) is 9.97. The van der Waals surface area contributed by atoms with Crippen molar-refractivity contribution in [2.75, 3.05) is 5.73 Å². The van der Waals surface area contributed by atoms with Crippen molar-refractivity contribution in [1.82, 2.24) is 4.37 Å². The fourth-order valence-corrected chi connectivity index (χ4v) is 1.98. The molecular weight excluding hydrogens is 194 g/mol. The van der Waals surface area contributed by atoms with Gasteiger partial charge in [0.15, 0.2) is 0 Å². The summed E-state index contributed by atoms with van der Waals surface area (Å²) in [5.74, 6) is 0.776. The van der Waals surface area contributed by atoms with E-state index < -0.39 is 0 Å². The van der Waals surface area contributed by atoms with Crippen molar-refractivity contribution in [2.45, 2.75) is 13.5 Å². The Hall–Kier alpha value is -1.42. The summed E-state index contributed by atoms with van der Waals surface area (Å²) in [6.07, 6.45) is 1.98. The Balaban J connectivity index is 2.28. The first-order chi connectivity index (χ1) is 6.77. The van der Waals surface area contributed by atoms with Crippen molar-refractivity contribution >= 4 is 17.4 Å². The monoisotopic (exact) mass is 206 g/mol. The van der Waals surface area contributed by atoms with E-state index in [0.717, 1.165) is 18.1 Å². The maximum absolute atomic E-state index is 5.83. The standard InChI is InChI=1S/C10H11N3S/c1-8-9(7-14-12-8)6-13-5-3-2-4-10(13)11/h2-5,7,11H,6H2,1H3/p+1. The Morgan fingerprint density at radius 2 is 2.36 bits per heavy atom. The number of anilines is 1. The fraction of sp³-hybridized carbons (Fsp3) is 0.200. The van der Waals surface area contributed by atoms with Gasteiger partial charge < -0.3 is 0 Å². The van der Waals surface area contributed by atoms with Crippen molar-refractivity contribution in [2.24, 2.45) is 0 Å². The van der Waals surface area contributed by atoms with Gasteiger partial charge in [0.2, 0.25) is 0 Å². The molecule has 0 saturated heterocycles. The molecule has 2 rings (SSSR count). The molecule has 0 aromatic carbocycles. The molecule has 0 amide bonds. The fourth-order valence-electron chi connectivity index (χ4n) is 1.28. The van der Waals surface area contributed by atoms with E-state index in [9.17, 15) is 0 Å². The molecule has 2 aromatic heterocycles. The van der Waals surface area contributed by atoms with Crippen LogP contribution in [0.2, 0.25) is 0 Å². The Labute approximate surface area is 87.0 Å². The average Bonchev–Trinajstić information content (AvgIpc) is 2.56. The minimum atomic E-state index is 0.776. The molecule has 0 unspecified atom stereocenters. The van der Waals surface area contributed by atoms with Crippen LogP contribution >= 0.6 is 11.5 Å². The molecule has 2 heterocycles. The highest BCUT2D eigenvalue weighted by Crippen LogP contribution is 2.08. The summed E-state index contributed by atoms with van der Waals surface area (Å²) in [5.41, 5.74) is 8.16. The molecule has 0 spiro atoms. The summed E-state index contributed by atoms with van der Waals surface area (Å²) in [6, 6.07) is 5.81. The summed E-state index contributed by atoms with van der Waals surface area (Å²) < 4.78 is 6.24. The smallest absolute Gasteiger partial charge is 0.272 e. The summed E-state index contributed by atoms with van der Waals surface area (Å²) in [7, 11) is 0. The van der Waals surface area contributed by atoms with Crippen molar-refractivity contribution in [3.8, 4) is 0 Å². The van der Waals surface area contributed by atoms with Crippen molar-refractivity contribution in [3.05, 3.63) is 41.0 Å². The Morgan fingerprint density at radius 1 is 1.50 bits per heavy atom. The van der Waals surface area contributed by atoms with Gasteiger partial charge in [-0.2, -0.15) is 4.37 Å². The van der Waals surface area contributed by atoms with Crippen LogP contribution in [0.3, 0.4) is 0 Å². The predicted octanol–water partition coefficient (Wildman–Crippen LogP) is 1.37. The highest BCUT2D eigenvalue weighted by Gasteiger charge is 2.07. The van der Waals surface area contributed by atoms with Crippen LogP contribution in [0.5, 0.6) is 0 Å². The van der Waals surface area contributed by atoms with E-state index in [0.29, 0.717) is 0 Å². The Bertz CT molecular complexity index is 436. The van der Waals surface area contributed by atoms with Gasteiger partial charge >= 0.3 is 0 Å². The van der Waals surface area contributed by atoms with Crippen LogP contribution in [0.1, 0.15) is 11.3 Å². The second-order valence-corrected chi connectivity index (χ2v) is 3.81. The van der Waals surface area contributed by atoms with E-state index in [1.54, 1.807) is 0 Å². The molecule has 0 bridgehead atoms. The van der Waals surface area contributed by atoms with Crippen molar-refractivity contribution in [1.29, 1.82) is 0 Å². The number of rotatable bonds is 2. The quantitative estimate of drug-likeness (QED) is 0.754. The molecule has 2 aromatic rings. The molecule has 0 fully saturated rings. The Kier molecular flexibility index (Phi) is 2.45. The van der Waals surface area contributed by atoms with Crippen LogP contribution in [0.25, 0.3) is 0 Å². The lowest BCUT2D eigenvalue weighted by atomic mass is 10.2. The number of nitrogens with two attached hydrogens (primary N) is 1. The highest BCUT2D eigenvalue weighted by molar-refractivity contribution is 7.03. The zero-order valence-electron chi connectivity index (χ0n) is 7.97. The molecule has 0 aliphatic rings. The zero-order valence-corrected chi connectivity index (χ0v) is 8.79. The second kappa shape index (κ2) is 3.75. The number of aromatic nitrogens is 2. The van der Waals surface area contributed by atoms with Crippen molar-refractivity contribution in [3.63, 3.8) is 0 Å². The van der Waals surface area contributed by atoms with Gasteiger partial charge in [-0.25, -0.2) is 4.57 Å². The molecule has 4 heteroatoms. The molecule has 0 atom stereocenters. The first-order valence-corrected chi connectivity index (χ1v) is 5.25. The third-order valence-electron chi connectivity index (χ3n) is 2.17. The second-order valence-electron chi connectivity index (χ2n) is 3.18. The Morgan fingerprint density at radius 3 is 3.00 bits per heavy atom. The van der Waals surface area contributed by atoms with Crippen LogP contribution in [0.4, 0.5) is 5.82 Å². The minimum absolute atomic E-state index is 0.776. The maximum atomic E-state index is 5.83. The van der Waals surface area contributed by atoms with E-state index in [-0.39, 0.29) is 0 Å². The summed E-state index contributed by atoms with van der Waals surface area (Å²) in [6.45, 7) is 2.82. The lowest BCUT2D eigenvalue weighted by Gasteiger charge is -2.00. The van der Waals surface area contributed by atoms with Crippen LogP contribution in [0, 0.1) is 6.92 Å². The van der Waals surface area contributed by atoms with E-state index in [4.69, 9.17) is 5.73 Å². The van der Waals surface area contributed by atoms with Gasteiger partial charge in [0.25, 0.3) is 5.82 Å². The van der Waals surface area contributed by atoms with Crippen molar-refractivity contribution < 1.29 is 4.57 Å². The van der Waals surface area contributed by atoms with E-state index in [1.165, 1.54) is 17.1 Å². The molecule has 0 saturated carbocycles. The normalized spacial score (nSPS) is 10.4. The van der Waals surface area contributed by atoms with Gasteiger partial charge in [-0.05, 0) is 24.5 Å². The number of nitrogen functional groups attached to an aromatic ring is 1. The largest absolute Gasteiger partial charge is 0.287 e. The first-order valence-electron chi connectivity index (χ1n) is 4.41. The SMILES string of the molecule is Cc1nscc1C[n+]1ccccc1N. The number of hydrogen-bond donors (Lipinski definition) is 1. The lowest BCUT2D eigenvalue weighted by molar-refractivity contribution is -0.674. The van der Waals surface area contributed by atoms with E-state index in [2.05, 4.69) is 9.75 Å². The lowest BCUT2D eigenvalue weighted by Crippen LogP contribution is -2.37. The van der Waals surface area contributed by atoms with Gasteiger partial charge in [-0.1, -0.05) is 6.07 Å². The predicted molar refractivity (Wildman–Crippen MR) is 57.0 cm³/mol. The third kappa shape index (κ3) is 1.75. The van der Waals surface area contributed by atoms with Crippen LogP contribution in [-0.2, 0) is 6.54 Å². The summed E-state index contributed by atoms with van der Waals surface area (Å²) >= 11 is 1.49. The van der Waals surface area contributed by atoms with Crippen LogP contribution in [0.15, 0.2) is 29.8 Å². The maximum Gasteiger partial charge on any atom is 0.272 e. The van der Waals surface area contributed by atoms with Gasteiger partial charge in [0, 0.05) is 17.0 Å². The molecular formula is C10H12N3S+. The third-order valence-corrected chi connectivity index (χ3v) is 2.93. The van der Waals surface area contributed by atoms with Gasteiger partial charge in [-0.15, -0.1) is 0 Å². The number of hydrogen-bond acceptors (Lipinski definition) is 3. The topological polar surface area (TPSA) is 42.8 Å².